The van der Waals surface area contributed by atoms with Crippen molar-refractivity contribution in [3.63, 3.8) is 0 Å². The molecule has 0 unspecified atom stereocenters. The van der Waals surface area contributed by atoms with Crippen LogP contribution in [-0.2, 0) is 22.6 Å². The number of hydrogen-bond donors (Lipinski definition) is 1. The number of aromatic nitrogens is 1. The molecule has 1 aliphatic rings. The lowest BCUT2D eigenvalue weighted by molar-refractivity contribution is -0.136. The second kappa shape index (κ2) is 4.36. The lowest BCUT2D eigenvalue weighted by Gasteiger charge is -2.23. The molecule has 1 aromatic rings. The number of carbonyl (C=O) groups is 3. The quantitative estimate of drug-likeness (QED) is 0.758. The van der Waals surface area contributed by atoms with Crippen LogP contribution in [0.2, 0.25) is 0 Å². The maximum Gasteiger partial charge on any atom is 0.331 e. The smallest absolute Gasteiger partial charge is 0.331 e. The number of rotatable bonds is 3. The van der Waals surface area contributed by atoms with E-state index < -0.39 is 17.8 Å². The van der Waals surface area contributed by atoms with Gasteiger partial charge in [-0.2, -0.15) is 0 Å². The van der Waals surface area contributed by atoms with Crippen molar-refractivity contribution in [2.45, 2.75) is 26.3 Å². The molecule has 4 amide bonds. The standard InChI is InChI=1S/C10H11N3O4/c1-2-6-4-11-8(17-6)5-13-9(15)3-7(14)12-10(13)16/h4H,2-3,5H2,1H3,(H,12,14,16). The van der Waals surface area contributed by atoms with E-state index in [1.807, 2.05) is 6.92 Å². The number of oxazole rings is 1. The summed E-state index contributed by atoms with van der Waals surface area (Å²) in [6.45, 7) is 1.85. The second-order valence-corrected chi connectivity index (χ2v) is 3.58. The fourth-order valence-electron chi connectivity index (χ4n) is 1.46. The van der Waals surface area contributed by atoms with Crippen molar-refractivity contribution >= 4 is 17.8 Å². The van der Waals surface area contributed by atoms with Crippen LogP contribution in [0.5, 0.6) is 0 Å². The Morgan fingerprint density at radius 2 is 2.24 bits per heavy atom. The van der Waals surface area contributed by atoms with Gasteiger partial charge in [-0.1, -0.05) is 6.92 Å². The van der Waals surface area contributed by atoms with Crippen molar-refractivity contribution in [2.24, 2.45) is 0 Å². The first-order valence-corrected chi connectivity index (χ1v) is 5.18. The number of hydrogen-bond acceptors (Lipinski definition) is 5. The van der Waals surface area contributed by atoms with Crippen molar-refractivity contribution in [3.8, 4) is 0 Å². The number of carbonyl (C=O) groups excluding carboxylic acids is 3. The zero-order chi connectivity index (χ0) is 12.4. The van der Waals surface area contributed by atoms with Crippen LogP contribution in [0.3, 0.4) is 0 Å². The van der Waals surface area contributed by atoms with Crippen molar-refractivity contribution < 1.29 is 18.8 Å². The molecule has 0 atom stereocenters. The van der Waals surface area contributed by atoms with E-state index in [-0.39, 0.29) is 18.9 Å². The summed E-state index contributed by atoms with van der Waals surface area (Å²) in [4.78, 5) is 38.6. The first-order chi connectivity index (χ1) is 8.10. The summed E-state index contributed by atoms with van der Waals surface area (Å²) < 4.78 is 5.29. The number of urea groups is 1. The molecular formula is C10H11N3O4. The summed E-state index contributed by atoms with van der Waals surface area (Å²) in [6.07, 6.45) is 1.91. The Kier molecular flexibility index (Phi) is 2.90. The fourth-order valence-corrected chi connectivity index (χ4v) is 1.46. The minimum absolute atomic E-state index is 0.0576. The van der Waals surface area contributed by atoms with Crippen LogP contribution < -0.4 is 5.32 Å². The van der Waals surface area contributed by atoms with Gasteiger partial charge in [-0.3, -0.25) is 19.8 Å². The fraction of sp³-hybridized carbons (Fsp3) is 0.400. The van der Waals surface area contributed by atoms with Crippen molar-refractivity contribution in [1.29, 1.82) is 0 Å². The minimum atomic E-state index is -0.734. The Balaban J connectivity index is 2.09. The molecule has 2 heterocycles. The molecule has 1 fully saturated rings. The molecule has 2 rings (SSSR count). The largest absolute Gasteiger partial charge is 0.444 e. The highest BCUT2D eigenvalue weighted by Gasteiger charge is 2.31. The second-order valence-electron chi connectivity index (χ2n) is 3.58. The van der Waals surface area contributed by atoms with E-state index in [4.69, 9.17) is 4.42 Å². The van der Waals surface area contributed by atoms with E-state index in [0.29, 0.717) is 12.2 Å². The SMILES string of the molecule is CCc1cnc(CN2C(=O)CC(=O)NC2=O)o1. The molecule has 0 aromatic carbocycles. The third-order valence-corrected chi connectivity index (χ3v) is 2.35. The summed E-state index contributed by atoms with van der Waals surface area (Å²) in [5.74, 6) is -0.173. The summed E-state index contributed by atoms with van der Waals surface area (Å²) in [5, 5.41) is 2.06. The highest BCUT2D eigenvalue weighted by atomic mass is 16.4. The summed E-state index contributed by atoms with van der Waals surface area (Å²) in [5.41, 5.74) is 0. The molecule has 7 heteroatoms. The maximum absolute atomic E-state index is 11.5. The molecule has 0 aliphatic carbocycles. The van der Waals surface area contributed by atoms with E-state index in [2.05, 4.69) is 10.3 Å². The Morgan fingerprint density at radius 1 is 1.47 bits per heavy atom. The Morgan fingerprint density at radius 3 is 2.82 bits per heavy atom. The van der Waals surface area contributed by atoms with E-state index >= 15 is 0 Å². The van der Waals surface area contributed by atoms with Gasteiger partial charge in [0.15, 0.2) is 0 Å². The van der Waals surface area contributed by atoms with E-state index in [9.17, 15) is 14.4 Å². The van der Waals surface area contributed by atoms with Crippen LogP contribution in [-0.4, -0.2) is 27.7 Å². The van der Waals surface area contributed by atoms with Crippen LogP contribution in [0.4, 0.5) is 4.79 Å². The predicted molar refractivity (Wildman–Crippen MR) is 54.6 cm³/mol. The average molecular weight is 237 g/mol. The third-order valence-electron chi connectivity index (χ3n) is 2.35. The van der Waals surface area contributed by atoms with Crippen LogP contribution in [0, 0.1) is 0 Å². The normalized spacial score (nSPS) is 16.3. The number of aryl methyl sites for hydroxylation is 1. The lowest BCUT2D eigenvalue weighted by Crippen LogP contribution is -2.52. The molecule has 90 valence electrons. The maximum atomic E-state index is 11.5. The highest BCUT2D eigenvalue weighted by molar-refractivity contribution is 6.13. The van der Waals surface area contributed by atoms with Gasteiger partial charge in [-0.15, -0.1) is 0 Å². The lowest BCUT2D eigenvalue weighted by atomic mass is 10.3. The number of barbiturate groups is 1. The number of nitrogens with one attached hydrogen (secondary N) is 1. The molecule has 17 heavy (non-hydrogen) atoms. The minimum Gasteiger partial charge on any atom is -0.444 e. The van der Waals surface area contributed by atoms with Crippen LogP contribution >= 0.6 is 0 Å². The molecule has 0 radical (unpaired) electrons. The topological polar surface area (TPSA) is 92.5 Å². The molecular weight excluding hydrogens is 226 g/mol. The monoisotopic (exact) mass is 237 g/mol. The van der Waals surface area contributed by atoms with Gasteiger partial charge in [0.05, 0.1) is 6.20 Å². The zero-order valence-corrected chi connectivity index (χ0v) is 9.23. The Labute approximate surface area is 96.8 Å². The van der Waals surface area contributed by atoms with Crippen LogP contribution in [0.1, 0.15) is 25.0 Å². The molecule has 1 aromatic heterocycles. The van der Waals surface area contributed by atoms with Crippen molar-refractivity contribution in [2.75, 3.05) is 0 Å². The van der Waals surface area contributed by atoms with Gasteiger partial charge in [-0.25, -0.2) is 9.78 Å². The van der Waals surface area contributed by atoms with Crippen LogP contribution in [0.25, 0.3) is 0 Å². The molecule has 0 bridgehead atoms. The molecule has 1 saturated heterocycles. The van der Waals surface area contributed by atoms with Crippen molar-refractivity contribution in [1.82, 2.24) is 15.2 Å². The van der Waals surface area contributed by atoms with E-state index in [1.165, 1.54) is 0 Å². The van der Waals surface area contributed by atoms with E-state index in [0.717, 1.165) is 4.90 Å². The predicted octanol–water partition coefficient (Wildman–Crippen LogP) is 0.206. The number of imide groups is 2. The first kappa shape index (κ1) is 11.3. The van der Waals surface area contributed by atoms with Gasteiger partial charge in [0.2, 0.25) is 17.7 Å². The van der Waals surface area contributed by atoms with E-state index in [1.54, 1.807) is 6.20 Å². The van der Waals surface area contributed by atoms with Gasteiger partial charge in [-0.05, 0) is 0 Å². The molecule has 0 spiro atoms. The number of nitrogens with zero attached hydrogens (tertiary/aromatic N) is 2. The first-order valence-electron chi connectivity index (χ1n) is 5.18. The van der Waals surface area contributed by atoms with Gasteiger partial charge >= 0.3 is 6.03 Å². The third kappa shape index (κ3) is 2.32. The van der Waals surface area contributed by atoms with Gasteiger partial charge in [0, 0.05) is 6.42 Å². The highest BCUT2D eigenvalue weighted by Crippen LogP contribution is 2.11. The zero-order valence-electron chi connectivity index (χ0n) is 9.23. The summed E-state index contributed by atoms with van der Waals surface area (Å²) >= 11 is 0. The Hall–Kier alpha value is -2.18. The van der Waals surface area contributed by atoms with Gasteiger partial charge in [0.25, 0.3) is 0 Å². The van der Waals surface area contributed by atoms with Crippen LogP contribution in [0.15, 0.2) is 10.6 Å². The van der Waals surface area contributed by atoms with Crippen molar-refractivity contribution in [3.05, 3.63) is 17.8 Å². The average Bonchev–Trinajstić information content (AvgIpc) is 2.71. The summed E-state index contributed by atoms with van der Waals surface area (Å²) in [6, 6.07) is -0.734. The molecule has 7 nitrogen and oxygen atoms in total. The van der Waals surface area contributed by atoms with Gasteiger partial charge < -0.3 is 4.42 Å². The summed E-state index contributed by atoms with van der Waals surface area (Å²) in [7, 11) is 0. The molecule has 1 aliphatic heterocycles. The number of amides is 4. The molecule has 0 saturated carbocycles. The Bertz CT molecular complexity index is 460. The van der Waals surface area contributed by atoms with Gasteiger partial charge in [0.1, 0.15) is 18.7 Å². The molecule has 1 N–H and O–H groups in total.